The second kappa shape index (κ2) is 5.35. The van der Waals surface area contributed by atoms with Crippen molar-refractivity contribution in [2.75, 3.05) is 13.7 Å². The molecule has 1 aliphatic rings. The molecule has 0 aliphatic carbocycles. The van der Waals surface area contributed by atoms with Gasteiger partial charge in [-0.05, 0) is 23.8 Å². The molecule has 0 saturated carbocycles. The summed E-state index contributed by atoms with van der Waals surface area (Å²) >= 11 is 6.17. The minimum absolute atomic E-state index is 0.149. The highest BCUT2D eigenvalue weighted by molar-refractivity contribution is 6.32. The third-order valence-corrected chi connectivity index (χ3v) is 4.03. The molecule has 1 heterocycles. The van der Waals surface area contributed by atoms with E-state index in [1.165, 1.54) is 0 Å². The molecule has 2 aromatic carbocycles. The Labute approximate surface area is 123 Å². The van der Waals surface area contributed by atoms with Gasteiger partial charge in [0.05, 0.1) is 18.7 Å². The number of halogens is 1. The van der Waals surface area contributed by atoms with E-state index in [-0.39, 0.29) is 12.0 Å². The van der Waals surface area contributed by atoms with Gasteiger partial charge in [0.25, 0.3) is 0 Å². The topological polar surface area (TPSA) is 44.5 Å². The van der Waals surface area contributed by atoms with Gasteiger partial charge in [-0.1, -0.05) is 35.9 Å². The van der Waals surface area contributed by atoms with Crippen molar-refractivity contribution in [2.45, 2.75) is 12.0 Å². The average molecular weight is 290 g/mol. The fraction of sp³-hybridized carbons (Fsp3) is 0.250. The molecule has 104 valence electrons. The minimum Gasteiger partial charge on any atom is -0.495 e. The fourth-order valence-corrected chi connectivity index (χ4v) is 2.87. The Hall–Kier alpha value is -1.71. The van der Waals surface area contributed by atoms with E-state index in [4.69, 9.17) is 26.8 Å². The van der Waals surface area contributed by atoms with Gasteiger partial charge in [0.2, 0.25) is 0 Å². The molecule has 1 aliphatic heterocycles. The molecule has 0 radical (unpaired) electrons. The van der Waals surface area contributed by atoms with E-state index in [0.29, 0.717) is 17.4 Å². The van der Waals surface area contributed by atoms with E-state index in [2.05, 4.69) is 6.07 Å². The largest absolute Gasteiger partial charge is 0.495 e. The molecule has 0 aromatic heterocycles. The van der Waals surface area contributed by atoms with Crippen LogP contribution in [-0.4, -0.2) is 13.7 Å². The number of ether oxygens (including phenoxy) is 2. The van der Waals surface area contributed by atoms with E-state index in [0.717, 1.165) is 16.9 Å². The number of para-hydroxylation sites is 1. The molecule has 2 atom stereocenters. The number of hydrogen-bond acceptors (Lipinski definition) is 3. The van der Waals surface area contributed by atoms with E-state index in [1.54, 1.807) is 7.11 Å². The van der Waals surface area contributed by atoms with Crippen LogP contribution in [0.2, 0.25) is 5.02 Å². The van der Waals surface area contributed by atoms with Crippen molar-refractivity contribution in [3.05, 3.63) is 58.6 Å². The van der Waals surface area contributed by atoms with Crippen LogP contribution < -0.4 is 15.2 Å². The average Bonchev–Trinajstić information content (AvgIpc) is 2.90. The van der Waals surface area contributed by atoms with Crippen molar-refractivity contribution in [3.8, 4) is 11.5 Å². The molecule has 20 heavy (non-hydrogen) atoms. The zero-order valence-electron chi connectivity index (χ0n) is 11.2. The fourth-order valence-electron chi connectivity index (χ4n) is 2.61. The molecule has 2 N–H and O–H groups in total. The predicted octanol–water partition coefficient (Wildman–Crippen LogP) is 3.52. The highest BCUT2D eigenvalue weighted by Crippen LogP contribution is 2.41. The molecule has 3 nitrogen and oxygen atoms in total. The van der Waals surface area contributed by atoms with Crippen molar-refractivity contribution >= 4 is 11.6 Å². The zero-order chi connectivity index (χ0) is 14.1. The first kappa shape index (κ1) is 13.3. The Morgan fingerprint density at radius 3 is 2.85 bits per heavy atom. The third-order valence-electron chi connectivity index (χ3n) is 3.73. The maximum Gasteiger partial charge on any atom is 0.137 e. The summed E-state index contributed by atoms with van der Waals surface area (Å²) in [6.45, 7) is 0.601. The van der Waals surface area contributed by atoms with Crippen LogP contribution >= 0.6 is 11.6 Å². The molecule has 0 amide bonds. The molecule has 0 fully saturated rings. The number of nitrogens with two attached hydrogens (primary N) is 1. The summed E-state index contributed by atoms with van der Waals surface area (Å²) < 4.78 is 10.9. The van der Waals surface area contributed by atoms with Gasteiger partial charge in [-0.25, -0.2) is 0 Å². The lowest BCUT2D eigenvalue weighted by Crippen LogP contribution is -2.21. The van der Waals surface area contributed by atoms with Crippen molar-refractivity contribution < 1.29 is 9.47 Å². The summed E-state index contributed by atoms with van der Waals surface area (Å²) in [6.07, 6.45) is 0. The van der Waals surface area contributed by atoms with Gasteiger partial charge in [0, 0.05) is 17.5 Å². The molecule has 0 saturated heterocycles. The normalized spacial score (nSPS) is 18.2. The number of fused-ring (bicyclic) bond motifs is 1. The maximum atomic E-state index is 6.40. The smallest absolute Gasteiger partial charge is 0.137 e. The first-order chi connectivity index (χ1) is 9.70. The second-order valence-electron chi connectivity index (χ2n) is 4.88. The second-order valence-corrected chi connectivity index (χ2v) is 5.28. The molecule has 2 unspecified atom stereocenters. The van der Waals surface area contributed by atoms with Crippen LogP contribution in [0.3, 0.4) is 0 Å². The standard InChI is InChI=1S/C16H16ClNO2/c1-19-15-7-6-10(8-13(15)17)16(18)12-9-20-14-5-3-2-4-11(12)14/h2-8,12,16H,9,18H2,1H3. The first-order valence-electron chi connectivity index (χ1n) is 6.51. The number of benzene rings is 2. The summed E-state index contributed by atoms with van der Waals surface area (Å²) in [5.74, 6) is 1.73. The van der Waals surface area contributed by atoms with Crippen LogP contribution in [-0.2, 0) is 0 Å². The van der Waals surface area contributed by atoms with Gasteiger partial charge < -0.3 is 15.2 Å². The van der Waals surface area contributed by atoms with E-state index < -0.39 is 0 Å². The summed E-state index contributed by atoms with van der Waals surface area (Å²) in [5, 5.41) is 0.577. The third kappa shape index (κ3) is 2.23. The Balaban J connectivity index is 1.90. The Bertz CT molecular complexity index is 630. The number of rotatable bonds is 3. The Kier molecular flexibility index (Phi) is 3.55. The Morgan fingerprint density at radius 1 is 1.30 bits per heavy atom. The maximum absolute atomic E-state index is 6.40. The van der Waals surface area contributed by atoms with Crippen molar-refractivity contribution in [2.24, 2.45) is 5.73 Å². The molecule has 3 rings (SSSR count). The number of hydrogen-bond donors (Lipinski definition) is 1. The lowest BCUT2D eigenvalue weighted by molar-refractivity contribution is 0.315. The minimum atomic E-state index is -0.151. The van der Waals surface area contributed by atoms with Crippen molar-refractivity contribution in [1.82, 2.24) is 0 Å². The van der Waals surface area contributed by atoms with Crippen LogP contribution in [0.15, 0.2) is 42.5 Å². The quantitative estimate of drug-likeness (QED) is 0.940. The van der Waals surface area contributed by atoms with Crippen LogP contribution in [0.4, 0.5) is 0 Å². The molecular weight excluding hydrogens is 274 g/mol. The highest BCUT2D eigenvalue weighted by Gasteiger charge is 2.30. The highest BCUT2D eigenvalue weighted by atomic mass is 35.5. The first-order valence-corrected chi connectivity index (χ1v) is 6.89. The van der Waals surface area contributed by atoms with Crippen molar-refractivity contribution in [1.29, 1.82) is 0 Å². The van der Waals surface area contributed by atoms with Crippen molar-refractivity contribution in [3.63, 3.8) is 0 Å². The van der Waals surface area contributed by atoms with Gasteiger partial charge in [-0.3, -0.25) is 0 Å². The number of methoxy groups -OCH3 is 1. The Morgan fingerprint density at radius 2 is 2.10 bits per heavy atom. The molecule has 0 bridgehead atoms. The van der Waals surface area contributed by atoms with Gasteiger partial charge in [0.1, 0.15) is 11.5 Å². The summed E-state index contributed by atoms with van der Waals surface area (Å²) in [7, 11) is 1.60. The molecule has 0 spiro atoms. The lowest BCUT2D eigenvalue weighted by Gasteiger charge is -2.19. The van der Waals surface area contributed by atoms with Gasteiger partial charge in [-0.2, -0.15) is 0 Å². The van der Waals surface area contributed by atoms with Crippen LogP contribution in [0, 0.1) is 0 Å². The van der Waals surface area contributed by atoms with Crippen LogP contribution in [0.25, 0.3) is 0 Å². The monoisotopic (exact) mass is 289 g/mol. The summed E-state index contributed by atoms with van der Waals surface area (Å²) in [6, 6.07) is 13.5. The summed E-state index contributed by atoms with van der Waals surface area (Å²) in [4.78, 5) is 0. The lowest BCUT2D eigenvalue weighted by atomic mass is 9.89. The molecular formula is C16H16ClNO2. The molecule has 4 heteroatoms. The van der Waals surface area contributed by atoms with Crippen LogP contribution in [0.5, 0.6) is 11.5 Å². The van der Waals surface area contributed by atoms with E-state index in [9.17, 15) is 0 Å². The van der Waals surface area contributed by atoms with Crippen LogP contribution in [0.1, 0.15) is 23.1 Å². The molecule has 2 aromatic rings. The van der Waals surface area contributed by atoms with Gasteiger partial charge >= 0.3 is 0 Å². The zero-order valence-corrected chi connectivity index (χ0v) is 11.9. The van der Waals surface area contributed by atoms with Gasteiger partial charge in [0.15, 0.2) is 0 Å². The predicted molar refractivity (Wildman–Crippen MR) is 79.6 cm³/mol. The van der Waals surface area contributed by atoms with E-state index in [1.807, 2.05) is 36.4 Å². The SMILES string of the molecule is COc1ccc(C(N)C2COc3ccccc32)cc1Cl. The van der Waals surface area contributed by atoms with Gasteiger partial charge in [-0.15, -0.1) is 0 Å². The van der Waals surface area contributed by atoms with E-state index >= 15 is 0 Å². The summed E-state index contributed by atoms with van der Waals surface area (Å²) in [5.41, 5.74) is 8.54.